The summed E-state index contributed by atoms with van der Waals surface area (Å²) in [7, 11) is 1.14. The van der Waals surface area contributed by atoms with Gasteiger partial charge in [-0.15, -0.1) is 11.3 Å². The van der Waals surface area contributed by atoms with E-state index in [0.29, 0.717) is 0 Å². The zero-order valence-corrected chi connectivity index (χ0v) is 15.9. The van der Waals surface area contributed by atoms with E-state index in [-0.39, 0.29) is 27.6 Å². The van der Waals surface area contributed by atoms with Crippen LogP contribution in [0.5, 0.6) is 0 Å². The molecule has 0 aliphatic rings. The van der Waals surface area contributed by atoms with Gasteiger partial charge >= 0.3 is 18.1 Å². The average molecular weight is 419 g/mol. The quantitative estimate of drug-likeness (QED) is 0.723. The smallest absolute Gasteiger partial charge is 0.435 e. The lowest BCUT2D eigenvalue weighted by atomic mass is 10.1. The second-order valence-electron chi connectivity index (χ2n) is 5.42. The van der Waals surface area contributed by atoms with Crippen molar-refractivity contribution in [3.05, 3.63) is 34.0 Å². The third kappa shape index (κ3) is 4.68. The summed E-state index contributed by atoms with van der Waals surface area (Å²) in [6, 6.07) is 0.737. The number of halogens is 3. The molecule has 0 bridgehead atoms. The van der Waals surface area contributed by atoms with Gasteiger partial charge in [-0.2, -0.15) is 18.3 Å². The first-order chi connectivity index (χ1) is 13.1. The van der Waals surface area contributed by atoms with Gasteiger partial charge in [0.2, 0.25) is 5.91 Å². The number of hydrogen-bond donors (Lipinski definition) is 1. The van der Waals surface area contributed by atoms with Gasteiger partial charge in [-0.05, 0) is 25.5 Å². The summed E-state index contributed by atoms with van der Waals surface area (Å²) in [5.74, 6) is -2.19. The highest BCUT2D eigenvalue weighted by Crippen LogP contribution is 2.34. The Morgan fingerprint density at radius 2 is 1.96 bits per heavy atom. The molecule has 0 saturated carbocycles. The molecule has 2 aromatic rings. The topological polar surface area (TPSA) is 99.5 Å². The fourth-order valence-electron chi connectivity index (χ4n) is 2.25. The third-order valence-electron chi connectivity index (χ3n) is 3.49. The number of carbonyl (C=O) groups excluding carboxylic acids is 3. The number of hydrogen-bond acceptors (Lipinski definition) is 7. The summed E-state index contributed by atoms with van der Waals surface area (Å²) < 4.78 is 48.1. The van der Waals surface area contributed by atoms with Gasteiger partial charge in [0, 0.05) is 6.20 Å². The molecule has 0 atom stereocenters. The lowest BCUT2D eigenvalue weighted by Gasteiger charge is -2.06. The lowest BCUT2D eigenvalue weighted by molar-refractivity contribution is -0.141. The van der Waals surface area contributed by atoms with Gasteiger partial charge in [0.25, 0.3) is 0 Å². The highest BCUT2D eigenvalue weighted by Gasteiger charge is 2.33. The number of nitrogens with zero attached hydrogens (tertiary/aromatic N) is 2. The van der Waals surface area contributed by atoms with Crippen molar-refractivity contribution in [3.8, 4) is 0 Å². The Bertz CT molecular complexity index is 904. The third-order valence-corrected chi connectivity index (χ3v) is 4.67. The Kier molecular flexibility index (Phi) is 6.44. The van der Waals surface area contributed by atoms with Crippen LogP contribution in [0.3, 0.4) is 0 Å². The van der Waals surface area contributed by atoms with E-state index >= 15 is 0 Å². The van der Waals surface area contributed by atoms with E-state index < -0.39 is 36.3 Å². The van der Waals surface area contributed by atoms with E-state index in [0.717, 1.165) is 35.4 Å². The van der Waals surface area contributed by atoms with Gasteiger partial charge in [0.15, 0.2) is 5.69 Å². The maximum atomic E-state index is 12.6. The van der Waals surface area contributed by atoms with E-state index in [2.05, 4.69) is 15.2 Å². The molecule has 12 heteroatoms. The number of aromatic nitrogens is 2. The van der Waals surface area contributed by atoms with Crippen LogP contribution in [0, 0.1) is 6.92 Å². The number of alkyl halides is 3. The van der Waals surface area contributed by atoms with Gasteiger partial charge in [-0.3, -0.25) is 9.48 Å². The molecule has 1 N–H and O–H groups in total. The number of rotatable bonds is 6. The van der Waals surface area contributed by atoms with Crippen LogP contribution in [0.4, 0.5) is 18.2 Å². The molecule has 2 aromatic heterocycles. The molecule has 152 valence electrons. The predicted molar refractivity (Wildman–Crippen MR) is 92.2 cm³/mol. The molecule has 0 fully saturated rings. The lowest BCUT2D eigenvalue weighted by Crippen LogP contribution is -2.20. The average Bonchev–Trinajstić information content (AvgIpc) is 3.19. The summed E-state index contributed by atoms with van der Waals surface area (Å²) in [6.07, 6.45) is -3.62. The van der Waals surface area contributed by atoms with E-state index in [4.69, 9.17) is 4.74 Å². The van der Waals surface area contributed by atoms with Crippen molar-refractivity contribution in [3.63, 3.8) is 0 Å². The summed E-state index contributed by atoms with van der Waals surface area (Å²) in [6.45, 7) is 2.70. The normalized spacial score (nSPS) is 11.2. The summed E-state index contributed by atoms with van der Waals surface area (Å²) >= 11 is 0.809. The molecular weight excluding hydrogens is 403 g/mol. The minimum atomic E-state index is -4.63. The molecule has 0 radical (unpaired) electrons. The zero-order valence-electron chi connectivity index (χ0n) is 15.0. The van der Waals surface area contributed by atoms with E-state index in [1.165, 1.54) is 6.92 Å². The van der Waals surface area contributed by atoms with Crippen molar-refractivity contribution < 1.29 is 37.0 Å². The molecule has 2 heterocycles. The van der Waals surface area contributed by atoms with Gasteiger partial charge in [0.05, 0.1) is 19.3 Å². The van der Waals surface area contributed by atoms with Crippen molar-refractivity contribution in [1.29, 1.82) is 0 Å². The van der Waals surface area contributed by atoms with Crippen LogP contribution in [-0.2, 0) is 27.0 Å². The molecule has 28 heavy (non-hydrogen) atoms. The Hall–Kier alpha value is -2.89. The maximum absolute atomic E-state index is 12.6. The summed E-state index contributed by atoms with van der Waals surface area (Å²) in [4.78, 5) is 36.4. The van der Waals surface area contributed by atoms with Gasteiger partial charge in [-0.1, -0.05) is 0 Å². The Morgan fingerprint density at radius 3 is 2.50 bits per heavy atom. The van der Waals surface area contributed by atoms with Crippen molar-refractivity contribution in [2.45, 2.75) is 26.6 Å². The molecule has 0 aliphatic carbocycles. The number of esters is 2. The molecular formula is C16H16F3N3O5S. The summed E-state index contributed by atoms with van der Waals surface area (Å²) in [5.41, 5.74) is -0.892. The number of methoxy groups -OCH3 is 1. The molecule has 0 saturated heterocycles. The Morgan fingerprint density at radius 1 is 1.29 bits per heavy atom. The highest BCUT2D eigenvalue weighted by atomic mass is 32.1. The van der Waals surface area contributed by atoms with E-state index in [1.807, 2.05) is 0 Å². The molecule has 0 unspecified atom stereocenters. The van der Waals surface area contributed by atoms with Crippen LogP contribution in [-0.4, -0.2) is 41.3 Å². The first-order valence-electron chi connectivity index (χ1n) is 7.87. The van der Waals surface area contributed by atoms with Crippen LogP contribution in [0.15, 0.2) is 12.3 Å². The van der Waals surface area contributed by atoms with Crippen LogP contribution >= 0.6 is 11.3 Å². The monoisotopic (exact) mass is 419 g/mol. The SMILES string of the molecule is CCOC(=O)c1sc(NC(=O)Cn2ccc(C(F)(F)F)n2)c(C(=O)OC)c1C. The minimum absolute atomic E-state index is 0.0275. The number of anilines is 1. The zero-order chi connectivity index (χ0) is 21.1. The Labute approximate surface area is 161 Å². The number of ether oxygens (including phenoxy) is 2. The number of nitrogens with one attached hydrogen (secondary N) is 1. The van der Waals surface area contributed by atoms with Crippen LogP contribution in [0.2, 0.25) is 0 Å². The maximum Gasteiger partial charge on any atom is 0.435 e. The van der Waals surface area contributed by atoms with Crippen molar-refractivity contribution in [2.75, 3.05) is 19.0 Å². The highest BCUT2D eigenvalue weighted by molar-refractivity contribution is 7.18. The predicted octanol–water partition coefficient (Wildman–Crippen LogP) is 2.87. The largest absolute Gasteiger partial charge is 0.465 e. The second-order valence-corrected chi connectivity index (χ2v) is 6.44. The summed E-state index contributed by atoms with van der Waals surface area (Å²) in [5, 5.41) is 5.72. The number of carbonyl (C=O) groups is 3. The Balaban J connectivity index is 2.25. The molecule has 2 rings (SSSR count). The molecule has 0 aliphatic heterocycles. The van der Waals surface area contributed by atoms with Crippen molar-refractivity contribution in [2.24, 2.45) is 0 Å². The van der Waals surface area contributed by atoms with Crippen molar-refractivity contribution >= 4 is 34.2 Å². The fourth-order valence-corrected chi connectivity index (χ4v) is 3.36. The van der Waals surface area contributed by atoms with Crippen LogP contribution in [0.25, 0.3) is 0 Å². The van der Waals surface area contributed by atoms with Crippen molar-refractivity contribution in [1.82, 2.24) is 9.78 Å². The van der Waals surface area contributed by atoms with Gasteiger partial charge < -0.3 is 14.8 Å². The van der Waals surface area contributed by atoms with Gasteiger partial charge in [0.1, 0.15) is 16.4 Å². The standard InChI is InChI=1S/C16H16F3N3O5S/c1-4-27-15(25)12-8(2)11(14(24)26-3)13(28-12)20-10(23)7-22-6-5-9(21-22)16(17,18)19/h5-6H,4,7H2,1-3H3,(H,20,23). The van der Waals surface area contributed by atoms with E-state index in [1.54, 1.807) is 6.92 Å². The minimum Gasteiger partial charge on any atom is -0.465 e. The molecule has 0 spiro atoms. The van der Waals surface area contributed by atoms with E-state index in [9.17, 15) is 27.6 Å². The first-order valence-corrected chi connectivity index (χ1v) is 8.69. The van der Waals surface area contributed by atoms with Gasteiger partial charge in [-0.25, -0.2) is 9.59 Å². The number of amides is 1. The number of thiophene rings is 1. The molecule has 0 aromatic carbocycles. The van der Waals surface area contributed by atoms with Crippen LogP contribution < -0.4 is 5.32 Å². The first kappa shape index (κ1) is 21.4. The fraction of sp³-hybridized carbons (Fsp3) is 0.375. The second kappa shape index (κ2) is 8.42. The molecule has 8 nitrogen and oxygen atoms in total. The molecule has 1 amide bonds. The van der Waals surface area contributed by atoms with Crippen LogP contribution in [0.1, 0.15) is 38.2 Å².